The van der Waals surface area contributed by atoms with Crippen LogP contribution in [0.4, 0.5) is 24.7 Å². The maximum Gasteiger partial charge on any atom is 0.417 e. The molecule has 126 valence electrons. The fourth-order valence-electron chi connectivity index (χ4n) is 3.22. The van der Waals surface area contributed by atoms with Crippen molar-refractivity contribution >= 4 is 11.5 Å². The number of fused-ring (bicyclic) bond motifs is 2. The van der Waals surface area contributed by atoms with Gasteiger partial charge in [-0.15, -0.1) is 0 Å². The van der Waals surface area contributed by atoms with E-state index in [4.69, 9.17) is 4.74 Å². The van der Waals surface area contributed by atoms with Gasteiger partial charge in [-0.25, -0.2) is 4.98 Å². The predicted octanol–water partition coefficient (Wildman–Crippen LogP) is 3.65. The molecule has 7 heteroatoms. The Hall–Kier alpha value is -2.12. The number of nitrogens with zero attached hydrogens (tertiary/aromatic N) is 1. The molecule has 3 heterocycles. The molecule has 0 spiro atoms. The topological polar surface area (TPSA) is 46.2 Å². The molecular formula is C17H16F3N3O. The van der Waals surface area contributed by atoms with E-state index in [1.54, 1.807) is 0 Å². The molecule has 2 N–H and O–H groups in total. The van der Waals surface area contributed by atoms with Gasteiger partial charge in [-0.05, 0) is 36.2 Å². The summed E-state index contributed by atoms with van der Waals surface area (Å²) in [6.07, 6.45) is -2.14. The van der Waals surface area contributed by atoms with Gasteiger partial charge in [-0.3, -0.25) is 0 Å². The van der Waals surface area contributed by atoms with E-state index in [0.717, 1.165) is 36.5 Å². The van der Waals surface area contributed by atoms with Gasteiger partial charge in [-0.1, -0.05) is 12.1 Å². The van der Waals surface area contributed by atoms with Crippen molar-refractivity contribution in [3.63, 3.8) is 0 Å². The van der Waals surface area contributed by atoms with E-state index >= 15 is 0 Å². The van der Waals surface area contributed by atoms with Gasteiger partial charge in [0.1, 0.15) is 5.82 Å². The molecule has 2 fully saturated rings. The van der Waals surface area contributed by atoms with Gasteiger partial charge < -0.3 is 15.4 Å². The monoisotopic (exact) mass is 335 g/mol. The number of benzene rings is 1. The molecule has 2 saturated heterocycles. The number of anilines is 2. The van der Waals surface area contributed by atoms with Gasteiger partial charge in [0.25, 0.3) is 0 Å². The van der Waals surface area contributed by atoms with Crippen molar-refractivity contribution in [2.75, 3.05) is 11.9 Å². The molecule has 1 aromatic heterocycles. The first-order valence-corrected chi connectivity index (χ1v) is 7.78. The molecule has 3 atom stereocenters. The fraction of sp³-hybridized carbons (Fsp3) is 0.353. The Morgan fingerprint density at radius 2 is 1.92 bits per heavy atom. The van der Waals surface area contributed by atoms with E-state index in [1.807, 2.05) is 24.3 Å². The van der Waals surface area contributed by atoms with Crippen molar-refractivity contribution in [1.29, 1.82) is 0 Å². The number of halogens is 3. The van der Waals surface area contributed by atoms with Crippen LogP contribution in [0.3, 0.4) is 0 Å². The van der Waals surface area contributed by atoms with E-state index in [2.05, 4.69) is 15.6 Å². The normalized spacial score (nSPS) is 25.9. The van der Waals surface area contributed by atoms with E-state index in [9.17, 15) is 13.2 Å². The van der Waals surface area contributed by atoms with E-state index in [0.29, 0.717) is 18.0 Å². The first kappa shape index (κ1) is 15.4. The first-order chi connectivity index (χ1) is 11.5. The molecule has 0 unspecified atom stereocenters. The van der Waals surface area contributed by atoms with Gasteiger partial charge in [0.2, 0.25) is 0 Å². The molecule has 4 nitrogen and oxygen atoms in total. The highest BCUT2D eigenvalue weighted by Gasteiger charge is 2.41. The number of hydrogen-bond acceptors (Lipinski definition) is 4. The van der Waals surface area contributed by atoms with Crippen LogP contribution in [0.25, 0.3) is 0 Å². The molecule has 0 amide bonds. The van der Waals surface area contributed by atoms with Crippen LogP contribution in [-0.2, 0) is 10.9 Å². The summed E-state index contributed by atoms with van der Waals surface area (Å²) in [7, 11) is 0. The van der Waals surface area contributed by atoms with Crippen LogP contribution in [0.15, 0.2) is 42.6 Å². The maximum absolute atomic E-state index is 12.5. The van der Waals surface area contributed by atoms with Crippen LogP contribution >= 0.6 is 0 Å². The highest BCUT2D eigenvalue weighted by molar-refractivity contribution is 5.56. The summed E-state index contributed by atoms with van der Waals surface area (Å²) in [6.45, 7) is 0.917. The van der Waals surface area contributed by atoms with Crippen LogP contribution in [0.1, 0.15) is 23.7 Å². The Morgan fingerprint density at radius 1 is 1.12 bits per heavy atom. The average Bonchev–Trinajstić information content (AvgIpc) is 3.18. The number of aromatic nitrogens is 1. The Balaban J connectivity index is 1.44. The second-order valence-corrected chi connectivity index (χ2v) is 6.11. The summed E-state index contributed by atoms with van der Waals surface area (Å²) >= 11 is 0. The lowest BCUT2D eigenvalue weighted by Crippen LogP contribution is -2.33. The van der Waals surface area contributed by atoms with E-state index < -0.39 is 11.7 Å². The zero-order valence-electron chi connectivity index (χ0n) is 12.7. The molecular weight excluding hydrogens is 319 g/mol. The quantitative estimate of drug-likeness (QED) is 0.899. The maximum atomic E-state index is 12.5. The number of alkyl halides is 3. The predicted molar refractivity (Wildman–Crippen MR) is 83.0 cm³/mol. The lowest BCUT2D eigenvalue weighted by molar-refractivity contribution is -0.137. The molecule has 2 aromatic rings. The van der Waals surface area contributed by atoms with Gasteiger partial charge in [0.15, 0.2) is 0 Å². The van der Waals surface area contributed by atoms with Crippen molar-refractivity contribution in [3.8, 4) is 0 Å². The van der Waals surface area contributed by atoms with E-state index in [-0.39, 0.29) is 6.10 Å². The third-order valence-corrected chi connectivity index (χ3v) is 4.43. The number of rotatable bonds is 3. The molecule has 2 aliphatic heterocycles. The van der Waals surface area contributed by atoms with Crippen LogP contribution in [0.5, 0.6) is 0 Å². The summed E-state index contributed by atoms with van der Waals surface area (Å²) in [6, 6.07) is 10.4. The van der Waals surface area contributed by atoms with Crippen molar-refractivity contribution in [3.05, 3.63) is 53.7 Å². The number of ether oxygens (including phenoxy) is 1. The van der Waals surface area contributed by atoms with Gasteiger partial charge in [0, 0.05) is 24.5 Å². The highest BCUT2D eigenvalue weighted by atomic mass is 19.4. The summed E-state index contributed by atoms with van der Waals surface area (Å²) in [4.78, 5) is 3.81. The standard InChI is InChI=1S/C17H16F3N3O/c18-17(19,20)11-3-6-15(22-8-11)23-12-4-1-10(2-5-12)16-14-7-13(24-16)9-21-14/h1-6,8,13-14,16,21H,7,9H2,(H,22,23)/t13-,14-,16+/m0/s1. The zero-order valence-corrected chi connectivity index (χ0v) is 12.7. The Bertz CT molecular complexity index is 715. The fourth-order valence-corrected chi connectivity index (χ4v) is 3.22. The second-order valence-electron chi connectivity index (χ2n) is 6.11. The second kappa shape index (κ2) is 5.75. The Kier molecular flexibility index (Phi) is 3.69. The van der Waals surface area contributed by atoms with Gasteiger partial charge in [-0.2, -0.15) is 13.2 Å². The Morgan fingerprint density at radius 3 is 2.46 bits per heavy atom. The first-order valence-electron chi connectivity index (χ1n) is 7.78. The number of hydrogen-bond donors (Lipinski definition) is 2. The molecule has 24 heavy (non-hydrogen) atoms. The summed E-state index contributed by atoms with van der Waals surface area (Å²) < 4.78 is 43.5. The van der Waals surface area contributed by atoms with Crippen molar-refractivity contribution in [2.24, 2.45) is 0 Å². The lowest BCUT2D eigenvalue weighted by Gasteiger charge is -2.23. The summed E-state index contributed by atoms with van der Waals surface area (Å²) in [5, 5.41) is 6.43. The minimum Gasteiger partial charge on any atom is -0.367 e. The molecule has 4 rings (SSSR count). The SMILES string of the molecule is FC(F)(F)c1ccc(Nc2ccc([C@H]3O[C@@H]4CN[C@H]3C4)cc2)nc1. The molecule has 0 aliphatic carbocycles. The molecule has 0 radical (unpaired) electrons. The molecule has 1 aromatic carbocycles. The van der Waals surface area contributed by atoms with Crippen LogP contribution < -0.4 is 10.6 Å². The molecule has 2 bridgehead atoms. The van der Waals surface area contributed by atoms with Crippen LogP contribution in [0, 0.1) is 0 Å². The largest absolute Gasteiger partial charge is 0.417 e. The number of nitrogens with one attached hydrogen (secondary N) is 2. The third kappa shape index (κ3) is 2.97. The Labute approximate surface area is 137 Å². The minimum absolute atomic E-state index is 0.0713. The van der Waals surface area contributed by atoms with Crippen molar-refractivity contribution in [2.45, 2.75) is 30.8 Å². The number of morpholine rings is 1. The third-order valence-electron chi connectivity index (χ3n) is 4.43. The number of pyridine rings is 1. The van der Waals surface area contributed by atoms with E-state index in [1.165, 1.54) is 6.07 Å². The summed E-state index contributed by atoms with van der Waals surface area (Å²) in [5.74, 6) is 0.369. The van der Waals surface area contributed by atoms with Crippen LogP contribution in [-0.4, -0.2) is 23.7 Å². The van der Waals surface area contributed by atoms with Gasteiger partial charge >= 0.3 is 6.18 Å². The van der Waals surface area contributed by atoms with Crippen molar-refractivity contribution in [1.82, 2.24) is 10.3 Å². The van der Waals surface area contributed by atoms with Crippen LogP contribution in [0.2, 0.25) is 0 Å². The highest BCUT2D eigenvalue weighted by Crippen LogP contribution is 2.37. The lowest BCUT2D eigenvalue weighted by atomic mass is 10.0. The zero-order chi connectivity index (χ0) is 16.7. The molecule has 2 aliphatic rings. The smallest absolute Gasteiger partial charge is 0.367 e. The van der Waals surface area contributed by atoms with Gasteiger partial charge in [0.05, 0.1) is 17.8 Å². The summed E-state index contributed by atoms with van der Waals surface area (Å²) in [5.41, 5.74) is 1.10. The molecule has 0 saturated carbocycles. The van der Waals surface area contributed by atoms with Crippen molar-refractivity contribution < 1.29 is 17.9 Å². The average molecular weight is 335 g/mol. The minimum atomic E-state index is -4.37.